The maximum absolute atomic E-state index is 11.5. The van der Waals surface area contributed by atoms with Crippen LogP contribution >= 0.6 is 0 Å². The van der Waals surface area contributed by atoms with Crippen LogP contribution in [-0.4, -0.2) is 36.7 Å². The fourth-order valence-corrected chi connectivity index (χ4v) is 1.40. The van der Waals surface area contributed by atoms with E-state index in [-0.39, 0.29) is 6.61 Å². The Bertz CT molecular complexity index is 485. The van der Waals surface area contributed by atoms with Gasteiger partial charge in [-0.1, -0.05) is 12.1 Å². The molecule has 1 aromatic rings. The van der Waals surface area contributed by atoms with E-state index in [1.165, 1.54) is 13.2 Å². The van der Waals surface area contributed by atoms with Crippen LogP contribution in [0.15, 0.2) is 30.3 Å². The van der Waals surface area contributed by atoms with Crippen molar-refractivity contribution in [2.75, 3.05) is 19.5 Å². The van der Waals surface area contributed by atoms with Crippen molar-refractivity contribution >= 4 is 23.6 Å². The highest BCUT2D eigenvalue weighted by Crippen LogP contribution is 2.07. The van der Waals surface area contributed by atoms with Crippen molar-refractivity contribution in [3.8, 4) is 0 Å². The third-order valence-electron chi connectivity index (χ3n) is 2.29. The molecule has 6 nitrogen and oxygen atoms in total. The molecular weight excluding hydrogens is 248 g/mol. The van der Waals surface area contributed by atoms with E-state index in [1.54, 1.807) is 30.3 Å². The number of nitrogens with one attached hydrogen (secondary N) is 1. The van der Waals surface area contributed by atoms with Gasteiger partial charge in [-0.2, -0.15) is 0 Å². The smallest absolute Gasteiger partial charge is 0.328 e. The van der Waals surface area contributed by atoms with Crippen LogP contribution in [0, 0.1) is 0 Å². The minimum atomic E-state index is -1.15. The molecule has 1 rings (SSSR count). The summed E-state index contributed by atoms with van der Waals surface area (Å²) < 4.78 is 4.71. The molecule has 19 heavy (non-hydrogen) atoms. The molecule has 0 heterocycles. The zero-order chi connectivity index (χ0) is 14.3. The molecule has 0 radical (unpaired) electrons. The van der Waals surface area contributed by atoms with Gasteiger partial charge in [-0.25, -0.2) is 4.79 Å². The summed E-state index contributed by atoms with van der Waals surface area (Å²) in [6, 6.07) is 5.91. The van der Waals surface area contributed by atoms with Crippen molar-refractivity contribution < 1.29 is 19.4 Å². The summed E-state index contributed by atoms with van der Waals surface area (Å²) in [5.41, 5.74) is 6.94. The van der Waals surface area contributed by atoms with Crippen LogP contribution in [0.3, 0.4) is 0 Å². The van der Waals surface area contributed by atoms with Crippen LogP contribution in [0.1, 0.15) is 5.56 Å². The third kappa shape index (κ3) is 5.22. The van der Waals surface area contributed by atoms with Gasteiger partial charge in [-0.15, -0.1) is 0 Å². The number of benzene rings is 1. The maximum Gasteiger partial charge on any atom is 0.328 e. The highest BCUT2D eigenvalue weighted by molar-refractivity contribution is 5.94. The lowest BCUT2D eigenvalue weighted by atomic mass is 10.2. The monoisotopic (exact) mass is 264 g/mol. The molecule has 0 aliphatic heterocycles. The van der Waals surface area contributed by atoms with Gasteiger partial charge in [-0.05, 0) is 23.8 Å². The highest BCUT2D eigenvalue weighted by Gasteiger charge is 2.18. The number of carbonyl (C=O) groups excluding carboxylic acids is 1. The fraction of sp³-hybridized carbons (Fsp3) is 0.231. The number of carboxylic acid groups (broad SMARTS) is 1. The molecule has 0 aromatic heterocycles. The van der Waals surface area contributed by atoms with Gasteiger partial charge in [0, 0.05) is 18.9 Å². The van der Waals surface area contributed by atoms with Crippen LogP contribution in [-0.2, 0) is 14.3 Å². The Morgan fingerprint density at radius 1 is 1.53 bits per heavy atom. The number of carbonyl (C=O) groups is 2. The van der Waals surface area contributed by atoms with Gasteiger partial charge in [-0.3, -0.25) is 4.79 Å². The Balaban J connectivity index is 2.61. The van der Waals surface area contributed by atoms with Crippen LogP contribution in [0.4, 0.5) is 5.69 Å². The molecule has 4 N–H and O–H groups in total. The lowest BCUT2D eigenvalue weighted by Gasteiger charge is -2.11. The molecule has 0 aliphatic carbocycles. The molecule has 1 amide bonds. The normalized spacial score (nSPS) is 12.3. The lowest BCUT2D eigenvalue weighted by Crippen LogP contribution is -2.43. The third-order valence-corrected chi connectivity index (χ3v) is 2.29. The number of nitrogen functional groups attached to an aromatic ring is 1. The van der Waals surface area contributed by atoms with E-state index in [0.29, 0.717) is 5.69 Å². The second kappa shape index (κ2) is 7.17. The van der Waals surface area contributed by atoms with Gasteiger partial charge in [0.1, 0.15) is 0 Å². The molecule has 0 saturated heterocycles. The molecule has 1 unspecified atom stereocenters. The number of carboxylic acids is 1. The topological polar surface area (TPSA) is 102 Å². The van der Waals surface area contributed by atoms with Gasteiger partial charge < -0.3 is 20.9 Å². The summed E-state index contributed by atoms with van der Waals surface area (Å²) in [7, 11) is 1.37. The Morgan fingerprint density at radius 3 is 2.84 bits per heavy atom. The van der Waals surface area contributed by atoms with Crippen molar-refractivity contribution in [3.05, 3.63) is 35.9 Å². The molecule has 1 aromatic carbocycles. The molecule has 0 saturated carbocycles. The molecule has 0 aliphatic rings. The Labute approximate surface area is 110 Å². The Hall–Kier alpha value is -2.34. The second-order valence-corrected chi connectivity index (χ2v) is 3.86. The summed E-state index contributed by atoms with van der Waals surface area (Å²) in [5, 5.41) is 11.2. The van der Waals surface area contributed by atoms with E-state index in [2.05, 4.69) is 5.32 Å². The number of hydrogen-bond acceptors (Lipinski definition) is 4. The van der Waals surface area contributed by atoms with E-state index in [1.807, 2.05) is 0 Å². The second-order valence-electron chi connectivity index (χ2n) is 3.86. The number of amides is 1. The number of hydrogen-bond donors (Lipinski definition) is 3. The SMILES string of the molecule is COCC(NC(=O)/C=C/c1cccc(N)c1)C(=O)O. The van der Waals surface area contributed by atoms with Crippen LogP contribution in [0.2, 0.25) is 0 Å². The number of nitrogens with two attached hydrogens (primary N) is 1. The van der Waals surface area contributed by atoms with Gasteiger partial charge in [0.25, 0.3) is 0 Å². The van der Waals surface area contributed by atoms with Gasteiger partial charge in [0.05, 0.1) is 6.61 Å². The molecule has 102 valence electrons. The van der Waals surface area contributed by atoms with E-state index in [9.17, 15) is 9.59 Å². The molecule has 1 atom stereocenters. The largest absolute Gasteiger partial charge is 0.480 e. The van der Waals surface area contributed by atoms with Crippen LogP contribution in [0.25, 0.3) is 6.08 Å². The summed E-state index contributed by atoms with van der Waals surface area (Å²) in [6.45, 7) is -0.0901. The first-order valence-corrected chi connectivity index (χ1v) is 5.59. The maximum atomic E-state index is 11.5. The number of aliphatic carboxylic acids is 1. The Morgan fingerprint density at radius 2 is 2.26 bits per heavy atom. The van der Waals surface area contributed by atoms with Crippen molar-refractivity contribution in [1.29, 1.82) is 0 Å². The van der Waals surface area contributed by atoms with E-state index in [0.717, 1.165) is 5.56 Å². The first-order chi connectivity index (χ1) is 9.02. The standard InChI is InChI=1S/C13H16N2O4/c1-19-8-11(13(17)18)15-12(16)6-5-9-3-2-4-10(14)7-9/h2-7,11H,8,14H2,1H3,(H,15,16)(H,17,18)/b6-5+. The average Bonchev–Trinajstić information content (AvgIpc) is 2.36. The number of anilines is 1. The molecule has 6 heteroatoms. The zero-order valence-electron chi connectivity index (χ0n) is 10.5. The first-order valence-electron chi connectivity index (χ1n) is 5.59. The number of methoxy groups -OCH3 is 1. The zero-order valence-corrected chi connectivity index (χ0v) is 10.5. The quantitative estimate of drug-likeness (QED) is 0.513. The Kier molecular flexibility index (Phi) is 5.56. The predicted octanol–water partition coefficient (Wildman–Crippen LogP) is 0.498. The van der Waals surface area contributed by atoms with Crippen molar-refractivity contribution in [2.24, 2.45) is 0 Å². The molecule has 0 bridgehead atoms. The highest BCUT2D eigenvalue weighted by atomic mass is 16.5. The van der Waals surface area contributed by atoms with Gasteiger partial charge >= 0.3 is 5.97 Å². The summed E-state index contributed by atoms with van der Waals surface area (Å²) in [5.74, 6) is -1.65. The van der Waals surface area contributed by atoms with Crippen LogP contribution < -0.4 is 11.1 Å². The fourth-order valence-electron chi connectivity index (χ4n) is 1.40. The first kappa shape index (κ1) is 14.7. The summed E-state index contributed by atoms with van der Waals surface area (Å²) in [6.07, 6.45) is 2.80. The van der Waals surface area contributed by atoms with E-state index >= 15 is 0 Å². The average molecular weight is 264 g/mol. The van der Waals surface area contributed by atoms with Crippen molar-refractivity contribution in [3.63, 3.8) is 0 Å². The van der Waals surface area contributed by atoms with Crippen molar-refractivity contribution in [2.45, 2.75) is 6.04 Å². The van der Waals surface area contributed by atoms with Gasteiger partial charge in [0.2, 0.25) is 5.91 Å². The molecular formula is C13H16N2O4. The van der Waals surface area contributed by atoms with E-state index in [4.69, 9.17) is 15.6 Å². The predicted molar refractivity (Wildman–Crippen MR) is 71.3 cm³/mol. The number of ether oxygens (including phenoxy) is 1. The lowest BCUT2D eigenvalue weighted by molar-refractivity contribution is -0.142. The minimum absolute atomic E-state index is 0.0901. The summed E-state index contributed by atoms with van der Waals surface area (Å²) >= 11 is 0. The molecule has 0 fully saturated rings. The van der Waals surface area contributed by atoms with Crippen LogP contribution in [0.5, 0.6) is 0 Å². The van der Waals surface area contributed by atoms with Crippen molar-refractivity contribution in [1.82, 2.24) is 5.32 Å². The number of rotatable bonds is 6. The summed E-state index contributed by atoms with van der Waals surface area (Å²) in [4.78, 5) is 22.4. The van der Waals surface area contributed by atoms with E-state index < -0.39 is 17.9 Å². The molecule has 0 spiro atoms. The minimum Gasteiger partial charge on any atom is -0.480 e. The van der Waals surface area contributed by atoms with Gasteiger partial charge in [0.15, 0.2) is 6.04 Å².